The number of hydrogen-bond donors (Lipinski definition) is 1. The molecule has 0 aliphatic carbocycles. The molecule has 0 saturated carbocycles. The third-order valence-corrected chi connectivity index (χ3v) is 4.16. The Morgan fingerprint density at radius 2 is 1.80 bits per heavy atom. The highest BCUT2D eigenvalue weighted by atomic mass is 35.5. The van der Waals surface area contributed by atoms with Gasteiger partial charge in [0.2, 0.25) is 0 Å². The molecule has 0 fully saturated rings. The fraction of sp³-hybridized carbons (Fsp3) is 0.647. The van der Waals surface area contributed by atoms with Crippen LogP contribution in [0.5, 0.6) is 0 Å². The normalized spacial score (nSPS) is 13.8. The van der Waals surface area contributed by atoms with Gasteiger partial charge in [0.15, 0.2) is 0 Å². The van der Waals surface area contributed by atoms with Crippen molar-refractivity contribution in [3.63, 3.8) is 0 Å². The summed E-state index contributed by atoms with van der Waals surface area (Å²) in [6.07, 6.45) is 2.20. The van der Waals surface area contributed by atoms with E-state index in [1.54, 1.807) is 0 Å². The zero-order valence-corrected chi connectivity index (χ0v) is 14.0. The van der Waals surface area contributed by atoms with Crippen molar-refractivity contribution in [2.24, 2.45) is 5.92 Å². The average Bonchev–Trinajstić information content (AvgIpc) is 2.34. The van der Waals surface area contributed by atoms with Crippen molar-refractivity contribution in [1.82, 2.24) is 5.32 Å². The summed E-state index contributed by atoms with van der Waals surface area (Å²) >= 11 is 6.26. The van der Waals surface area contributed by atoms with E-state index in [2.05, 4.69) is 39.9 Å². The fourth-order valence-corrected chi connectivity index (χ4v) is 2.91. The lowest BCUT2D eigenvalue weighted by Crippen LogP contribution is -2.40. The lowest BCUT2D eigenvalue weighted by Gasteiger charge is -2.31. The molecule has 20 heavy (non-hydrogen) atoms. The second kappa shape index (κ2) is 7.42. The largest absolute Gasteiger partial charge is 0.311 e. The summed E-state index contributed by atoms with van der Waals surface area (Å²) in [5.41, 5.74) is 1.12. The molecule has 0 aliphatic heterocycles. The summed E-state index contributed by atoms with van der Waals surface area (Å²) in [6, 6.07) is 4.77. The van der Waals surface area contributed by atoms with E-state index in [0.717, 1.165) is 24.9 Å². The van der Waals surface area contributed by atoms with Crippen LogP contribution in [0.15, 0.2) is 18.2 Å². The van der Waals surface area contributed by atoms with Gasteiger partial charge in [-0.2, -0.15) is 0 Å². The molecule has 0 aromatic heterocycles. The van der Waals surface area contributed by atoms with Crippen molar-refractivity contribution in [2.75, 3.05) is 6.54 Å². The van der Waals surface area contributed by atoms with E-state index in [0.29, 0.717) is 16.9 Å². The van der Waals surface area contributed by atoms with Crippen LogP contribution in [0.1, 0.15) is 58.9 Å². The van der Waals surface area contributed by atoms with Crippen LogP contribution in [0.25, 0.3) is 0 Å². The predicted octanol–water partition coefficient (Wildman–Crippen LogP) is 5.39. The van der Waals surface area contributed by atoms with Gasteiger partial charge in [-0.3, -0.25) is 0 Å². The first-order valence-electron chi connectivity index (χ1n) is 7.48. The number of halogens is 2. The third-order valence-electron chi connectivity index (χ3n) is 3.83. The van der Waals surface area contributed by atoms with Gasteiger partial charge < -0.3 is 5.32 Å². The lowest BCUT2D eigenvalue weighted by atomic mass is 9.82. The molecule has 1 atom stereocenters. The Morgan fingerprint density at radius 1 is 1.20 bits per heavy atom. The summed E-state index contributed by atoms with van der Waals surface area (Å²) in [5.74, 6) is 0.593. The van der Waals surface area contributed by atoms with Crippen molar-refractivity contribution in [3.8, 4) is 0 Å². The second-order valence-corrected chi connectivity index (χ2v) is 6.89. The smallest absolute Gasteiger partial charge is 0.124 e. The molecule has 3 heteroatoms. The van der Waals surface area contributed by atoms with E-state index in [9.17, 15) is 4.39 Å². The number of rotatable bonds is 6. The summed E-state index contributed by atoms with van der Waals surface area (Å²) < 4.78 is 13.3. The standard InChI is InChI=1S/C17H27ClFN/c1-6-12(7-2)15(11-20-17(3,4)5)14-9-8-13(19)10-16(14)18/h8-10,12,15,20H,6-7,11H2,1-5H3. The van der Waals surface area contributed by atoms with Gasteiger partial charge >= 0.3 is 0 Å². The Bertz CT molecular complexity index is 421. The van der Waals surface area contributed by atoms with E-state index < -0.39 is 0 Å². The zero-order valence-electron chi connectivity index (χ0n) is 13.3. The van der Waals surface area contributed by atoms with Crippen molar-refractivity contribution >= 4 is 11.6 Å². The van der Waals surface area contributed by atoms with Gasteiger partial charge in [0, 0.05) is 23.0 Å². The van der Waals surface area contributed by atoms with Gasteiger partial charge in [-0.15, -0.1) is 0 Å². The molecule has 0 aliphatic rings. The molecule has 0 saturated heterocycles. The molecular weight excluding hydrogens is 273 g/mol. The SMILES string of the molecule is CCC(CC)C(CNC(C)(C)C)c1ccc(F)cc1Cl. The van der Waals surface area contributed by atoms with E-state index in [-0.39, 0.29) is 11.4 Å². The molecule has 0 heterocycles. The molecular formula is C17H27ClFN. The molecule has 0 spiro atoms. The van der Waals surface area contributed by atoms with Crippen LogP contribution in [-0.2, 0) is 0 Å². The molecule has 1 unspecified atom stereocenters. The minimum Gasteiger partial charge on any atom is -0.311 e. The summed E-state index contributed by atoms with van der Waals surface area (Å²) in [6.45, 7) is 11.7. The van der Waals surface area contributed by atoms with Crippen LogP contribution in [0.4, 0.5) is 4.39 Å². The van der Waals surface area contributed by atoms with Gasteiger partial charge in [-0.25, -0.2) is 4.39 Å². The Balaban J connectivity index is 3.02. The van der Waals surface area contributed by atoms with Crippen LogP contribution in [0.3, 0.4) is 0 Å². The molecule has 0 radical (unpaired) electrons. The maximum absolute atomic E-state index is 13.3. The Hall–Kier alpha value is -0.600. The topological polar surface area (TPSA) is 12.0 Å². The third kappa shape index (κ3) is 5.06. The maximum atomic E-state index is 13.3. The van der Waals surface area contributed by atoms with E-state index >= 15 is 0 Å². The van der Waals surface area contributed by atoms with Crippen LogP contribution >= 0.6 is 11.6 Å². The first-order valence-corrected chi connectivity index (χ1v) is 7.86. The van der Waals surface area contributed by atoms with Crippen molar-refractivity contribution < 1.29 is 4.39 Å². The molecule has 1 N–H and O–H groups in total. The Labute approximate surface area is 127 Å². The Kier molecular flexibility index (Phi) is 6.47. The van der Waals surface area contributed by atoms with Crippen LogP contribution < -0.4 is 5.32 Å². The lowest BCUT2D eigenvalue weighted by molar-refractivity contribution is 0.335. The van der Waals surface area contributed by atoms with Crippen LogP contribution in [0.2, 0.25) is 5.02 Å². The highest BCUT2D eigenvalue weighted by Crippen LogP contribution is 2.34. The molecule has 0 bridgehead atoms. The highest BCUT2D eigenvalue weighted by Gasteiger charge is 2.24. The Morgan fingerprint density at radius 3 is 2.25 bits per heavy atom. The van der Waals surface area contributed by atoms with Crippen molar-refractivity contribution in [3.05, 3.63) is 34.6 Å². The van der Waals surface area contributed by atoms with Gasteiger partial charge in [0.05, 0.1) is 0 Å². The minimum absolute atomic E-state index is 0.0663. The predicted molar refractivity (Wildman–Crippen MR) is 86.0 cm³/mol. The quantitative estimate of drug-likeness (QED) is 0.743. The number of benzene rings is 1. The van der Waals surface area contributed by atoms with Crippen LogP contribution in [-0.4, -0.2) is 12.1 Å². The highest BCUT2D eigenvalue weighted by molar-refractivity contribution is 6.31. The summed E-state index contributed by atoms with van der Waals surface area (Å²) in [4.78, 5) is 0. The molecule has 1 rings (SSSR count). The molecule has 1 aromatic rings. The van der Waals surface area contributed by atoms with Gasteiger partial charge in [-0.05, 0) is 44.4 Å². The molecule has 1 nitrogen and oxygen atoms in total. The van der Waals surface area contributed by atoms with Crippen molar-refractivity contribution in [2.45, 2.75) is 58.9 Å². The van der Waals surface area contributed by atoms with E-state index in [4.69, 9.17) is 11.6 Å². The fourth-order valence-electron chi connectivity index (χ4n) is 2.61. The first kappa shape index (κ1) is 17.5. The van der Waals surface area contributed by atoms with E-state index in [1.807, 2.05) is 6.07 Å². The summed E-state index contributed by atoms with van der Waals surface area (Å²) in [5, 5.41) is 4.10. The first-order chi connectivity index (χ1) is 9.28. The minimum atomic E-state index is -0.272. The van der Waals surface area contributed by atoms with Crippen LogP contribution in [0, 0.1) is 11.7 Å². The number of nitrogens with one attached hydrogen (secondary N) is 1. The maximum Gasteiger partial charge on any atom is 0.124 e. The molecule has 114 valence electrons. The molecule has 1 aromatic carbocycles. The summed E-state index contributed by atoms with van der Waals surface area (Å²) in [7, 11) is 0. The van der Waals surface area contributed by atoms with E-state index in [1.165, 1.54) is 12.1 Å². The van der Waals surface area contributed by atoms with Crippen molar-refractivity contribution in [1.29, 1.82) is 0 Å². The average molecular weight is 300 g/mol. The molecule has 0 amide bonds. The second-order valence-electron chi connectivity index (χ2n) is 6.48. The van der Waals surface area contributed by atoms with Gasteiger partial charge in [0.1, 0.15) is 5.82 Å². The number of hydrogen-bond acceptors (Lipinski definition) is 1. The van der Waals surface area contributed by atoms with Gasteiger partial charge in [0.25, 0.3) is 0 Å². The van der Waals surface area contributed by atoms with Gasteiger partial charge in [-0.1, -0.05) is 44.4 Å². The monoisotopic (exact) mass is 299 g/mol. The zero-order chi connectivity index (χ0) is 15.3.